The summed E-state index contributed by atoms with van der Waals surface area (Å²) in [5.41, 5.74) is 13.0. The lowest BCUT2D eigenvalue weighted by Gasteiger charge is -2.13. The molecule has 3 heteroatoms. The molecule has 0 aliphatic heterocycles. The Balaban J connectivity index is 1.17. The molecule has 0 saturated heterocycles. The first-order valence-electron chi connectivity index (χ1n) is 17.3. The summed E-state index contributed by atoms with van der Waals surface area (Å²) in [7, 11) is 0. The third kappa shape index (κ3) is 4.98. The maximum atomic E-state index is 5.23. The Morgan fingerprint density at radius 3 is 1.55 bits per heavy atom. The van der Waals surface area contributed by atoms with Gasteiger partial charge in [0.15, 0.2) is 0 Å². The van der Waals surface area contributed by atoms with E-state index in [0.717, 1.165) is 72.4 Å². The Labute approximate surface area is 295 Å². The van der Waals surface area contributed by atoms with Crippen LogP contribution in [0, 0.1) is 0 Å². The molecule has 10 aromatic rings. The number of hydrogen-bond acceptors (Lipinski definition) is 2. The lowest BCUT2D eigenvalue weighted by molar-refractivity contribution is 1.18. The second-order valence-corrected chi connectivity index (χ2v) is 13.0. The maximum Gasteiger partial charge on any atom is 0.0788 e. The van der Waals surface area contributed by atoms with Crippen LogP contribution in [0.5, 0.6) is 0 Å². The third-order valence-corrected chi connectivity index (χ3v) is 9.96. The van der Waals surface area contributed by atoms with E-state index in [2.05, 4.69) is 180 Å². The number of hydrogen-bond donors (Lipinski definition) is 0. The summed E-state index contributed by atoms with van der Waals surface area (Å²) in [5, 5.41) is 5.98. The van der Waals surface area contributed by atoms with Gasteiger partial charge < -0.3 is 4.57 Å². The van der Waals surface area contributed by atoms with Gasteiger partial charge in [-0.3, -0.25) is 0 Å². The molecule has 0 unspecified atom stereocenters. The van der Waals surface area contributed by atoms with E-state index in [0.29, 0.717) is 0 Å². The van der Waals surface area contributed by atoms with Crippen molar-refractivity contribution in [3.63, 3.8) is 0 Å². The highest BCUT2D eigenvalue weighted by Crippen LogP contribution is 2.40. The van der Waals surface area contributed by atoms with E-state index in [4.69, 9.17) is 9.97 Å². The van der Waals surface area contributed by atoms with E-state index in [1.165, 1.54) is 21.7 Å². The molecule has 238 valence electrons. The zero-order chi connectivity index (χ0) is 33.7. The highest BCUT2D eigenvalue weighted by atomic mass is 15.0. The Morgan fingerprint density at radius 1 is 0.314 bits per heavy atom. The van der Waals surface area contributed by atoms with E-state index >= 15 is 0 Å². The molecular formula is C48H31N3. The van der Waals surface area contributed by atoms with Gasteiger partial charge >= 0.3 is 0 Å². The molecule has 51 heavy (non-hydrogen) atoms. The first kappa shape index (κ1) is 29.1. The topological polar surface area (TPSA) is 30.7 Å². The molecule has 0 aliphatic rings. The Kier molecular flexibility index (Phi) is 6.81. The molecule has 0 atom stereocenters. The van der Waals surface area contributed by atoms with Crippen LogP contribution in [0.1, 0.15) is 0 Å². The molecular weight excluding hydrogens is 619 g/mol. The summed E-state index contributed by atoms with van der Waals surface area (Å²) in [4.78, 5) is 10.3. The number of para-hydroxylation sites is 2. The SMILES string of the molecule is c1ccc(-c2cc(-c3ccc(-n4c5ccccc5c5cc6c(cc54)c(-c4ccccc4)nc4ccccc46)cc3)cc(-c3ccccc3)n2)cc1. The minimum atomic E-state index is 0.959. The van der Waals surface area contributed by atoms with Crippen LogP contribution in [0.2, 0.25) is 0 Å². The summed E-state index contributed by atoms with van der Waals surface area (Å²) in [5.74, 6) is 0. The quantitative estimate of drug-likeness (QED) is 0.174. The van der Waals surface area contributed by atoms with E-state index in [9.17, 15) is 0 Å². The van der Waals surface area contributed by atoms with Gasteiger partial charge in [-0.1, -0.05) is 140 Å². The van der Waals surface area contributed by atoms with E-state index < -0.39 is 0 Å². The lowest BCUT2D eigenvalue weighted by Crippen LogP contribution is -1.95. The molecule has 0 amide bonds. The summed E-state index contributed by atoms with van der Waals surface area (Å²) < 4.78 is 2.40. The summed E-state index contributed by atoms with van der Waals surface area (Å²) in [6.07, 6.45) is 0. The van der Waals surface area contributed by atoms with Gasteiger partial charge in [-0.25, -0.2) is 9.97 Å². The molecule has 3 aromatic heterocycles. The monoisotopic (exact) mass is 649 g/mol. The van der Waals surface area contributed by atoms with Gasteiger partial charge in [-0.2, -0.15) is 0 Å². The van der Waals surface area contributed by atoms with Gasteiger partial charge in [0.05, 0.1) is 33.6 Å². The first-order valence-corrected chi connectivity index (χ1v) is 17.3. The molecule has 0 spiro atoms. The normalized spacial score (nSPS) is 11.5. The minimum Gasteiger partial charge on any atom is -0.309 e. The van der Waals surface area contributed by atoms with Crippen LogP contribution in [0.15, 0.2) is 188 Å². The highest BCUT2D eigenvalue weighted by molar-refractivity contribution is 6.20. The van der Waals surface area contributed by atoms with Crippen LogP contribution in [0.4, 0.5) is 0 Å². The van der Waals surface area contributed by atoms with Crippen molar-refractivity contribution in [3.8, 4) is 50.6 Å². The van der Waals surface area contributed by atoms with Crippen molar-refractivity contribution >= 4 is 43.5 Å². The molecule has 0 bridgehead atoms. The average Bonchev–Trinajstić information content (AvgIpc) is 3.54. The molecule has 0 aliphatic carbocycles. The van der Waals surface area contributed by atoms with E-state index in [-0.39, 0.29) is 0 Å². The van der Waals surface area contributed by atoms with Crippen LogP contribution in [-0.2, 0) is 0 Å². The molecule has 0 saturated carbocycles. The molecule has 0 fully saturated rings. The van der Waals surface area contributed by atoms with Gasteiger partial charge in [0.2, 0.25) is 0 Å². The third-order valence-electron chi connectivity index (χ3n) is 9.96. The fourth-order valence-electron chi connectivity index (χ4n) is 7.52. The zero-order valence-corrected chi connectivity index (χ0v) is 27.7. The lowest BCUT2D eigenvalue weighted by atomic mass is 9.98. The average molecular weight is 650 g/mol. The largest absolute Gasteiger partial charge is 0.309 e. The predicted octanol–water partition coefficient (Wildman–Crippen LogP) is 12.5. The second kappa shape index (κ2) is 11.9. The molecule has 0 N–H and O–H groups in total. The van der Waals surface area contributed by atoms with Crippen molar-refractivity contribution < 1.29 is 0 Å². The van der Waals surface area contributed by atoms with Crippen molar-refractivity contribution in [3.05, 3.63) is 188 Å². The number of aromatic nitrogens is 3. The standard InChI is InChI=1S/C48H31N3/c1-4-14-33(15-5-1)44-28-36(29-45(49-44)34-16-6-2-7-17-34)32-24-26-37(27-25-32)51-46-23-13-11-21-39(46)41-30-40-38-20-10-12-22-43(38)50-48(42(40)31-47(41)51)35-18-8-3-9-19-35/h1-31H. The van der Waals surface area contributed by atoms with Gasteiger partial charge in [-0.05, 0) is 65.0 Å². The molecule has 0 radical (unpaired) electrons. The van der Waals surface area contributed by atoms with Crippen LogP contribution < -0.4 is 0 Å². The molecule has 10 rings (SSSR count). The Morgan fingerprint density at radius 2 is 0.882 bits per heavy atom. The van der Waals surface area contributed by atoms with Crippen molar-refractivity contribution in [2.45, 2.75) is 0 Å². The second-order valence-electron chi connectivity index (χ2n) is 13.0. The minimum absolute atomic E-state index is 0.959. The van der Waals surface area contributed by atoms with E-state index in [1.54, 1.807) is 0 Å². The Bertz CT molecular complexity index is 2820. The number of nitrogens with zero attached hydrogens (tertiary/aromatic N) is 3. The first-order chi connectivity index (χ1) is 25.3. The fraction of sp³-hybridized carbons (Fsp3) is 0. The fourth-order valence-corrected chi connectivity index (χ4v) is 7.52. The van der Waals surface area contributed by atoms with Crippen LogP contribution in [-0.4, -0.2) is 14.5 Å². The molecule has 3 nitrogen and oxygen atoms in total. The van der Waals surface area contributed by atoms with Crippen molar-refractivity contribution in [1.29, 1.82) is 0 Å². The van der Waals surface area contributed by atoms with Crippen molar-refractivity contribution in [2.24, 2.45) is 0 Å². The number of fused-ring (bicyclic) bond motifs is 6. The molecule has 3 heterocycles. The van der Waals surface area contributed by atoms with Gasteiger partial charge in [0, 0.05) is 43.9 Å². The van der Waals surface area contributed by atoms with Crippen molar-refractivity contribution in [2.75, 3.05) is 0 Å². The highest BCUT2D eigenvalue weighted by Gasteiger charge is 2.18. The Hall–Kier alpha value is -6.84. The van der Waals surface area contributed by atoms with E-state index in [1.807, 2.05) is 12.1 Å². The van der Waals surface area contributed by atoms with Gasteiger partial charge in [0.25, 0.3) is 0 Å². The smallest absolute Gasteiger partial charge is 0.0788 e. The van der Waals surface area contributed by atoms with Crippen LogP contribution in [0.3, 0.4) is 0 Å². The van der Waals surface area contributed by atoms with Crippen molar-refractivity contribution in [1.82, 2.24) is 14.5 Å². The maximum absolute atomic E-state index is 5.23. The summed E-state index contributed by atoms with van der Waals surface area (Å²) in [6.45, 7) is 0. The number of pyridine rings is 2. The molecule has 7 aromatic carbocycles. The van der Waals surface area contributed by atoms with Crippen LogP contribution in [0.25, 0.3) is 94.1 Å². The number of benzene rings is 7. The van der Waals surface area contributed by atoms with Gasteiger partial charge in [0.1, 0.15) is 0 Å². The number of rotatable bonds is 5. The predicted molar refractivity (Wildman–Crippen MR) is 213 cm³/mol. The van der Waals surface area contributed by atoms with Crippen LogP contribution >= 0.6 is 0 Å². The zero-order valence-electron chi connectivity index (χ0n) is 27.7. The summed E-state index contributed by atoms with van der Waals surface area (Å²) in [6, 6.07) is 66.7. The summed E-state index contributed by atoms with van der Waals surface area (Å²) >= 11 is 0. The van der Waals surface area contributed by atoms with Gasteiger partial charge in [-0.15, -0.1) is 0 Å².